The smallest absolute Gasteiger partial charge is 0.261 e. The van der Waals surface area contributed by atoms with Crippen molar-refractivity contribution in [2.24, 2.45) is 5.92 Å². The quantitative estimate of drug-likeness (QED) is 0.293. The molecule has 4 N–H and O–H groups in total. The van der Waals surface area contributed by atoms with Crippen molar-refractivity contribution in [3.8, 4) is 0 Å². The number of hydrogen-bond donors (Lipinski definition) is 4. The second kappa shape index (κ2) is 11.0. The highest BCUT2D eigenvalue weighted by Crippen LogP contribution is 2.58. The van der Waals surface area contributed by atoms with Crippen LogP contribution in [0.3, 0.4) is 0 Å². The first-order valence-corrected chi connectivity index (χ1v) is 17.6. The summed E-state index contributed by atoms with van der Waals surface area (Å²) in [6, 6.07) is 15.3. The number of aromatic nitrogens is 3. The Labute approximate surface area is 246 Å². The van der Waals surface area contributed by atoms with Crippen molar-refractivity contribution in [1.29, 1.82) is 0 Å². The number of fused-ring (bicyclic) bond motifs is 2. The van der Waals surface area contributed by atoms with Gasteiger partial charge in [0.25, 0.3) is 5.91 Å². The number of ether oxygens (including phenoxy) is 1. The minimum Gasteiger partial charge on any atom is -0.432 e. The maximum Gasteiger partial charge on any atom is 0.261 e. The van der Waals surface area contributed by atoms with Crippen LogP contribution in [0.4, 0.5) is 11.4 Å². The fourth-order valence-electron chi connectivity index (χ4n) is 7.10. The van der Waals surface area contributed by atoms with Gasteiger partial charge in [0.1, 0.15) is 0 Å². The number of aliphatic hydroxyl groups excluding tert-OH is 1. The van der Waals surface area contributed by atoms with E-state index in [1.165, 1.54) is 0 Å². The number of amides is 2. The van der Waals surface area contributed by atoms with Gasteiger partial charge in [0.15, 0.2) is 13.9 Å². The number of carbonyl (C=O) groups is 2. The zero-order valence-corrected chi connectivity index (χ0v) is 25.2. The van der Waals surface area contributed by atoms with Crippen molar-refractivity contribution in [2.45, 2.75) is 56.1 Å². The van der Waals surface area contributed by atoms with Crippen molar-refractivity contribution in [2.75, 3.05) is 36.5 Å². The molecule has 0 saturated carbocycles. The van der Waals surface area contributed by atoms with Crippen LogP contribution in [0.5, 0.6) is 0 Å². The van der Waals surface area contributed by atoms with Crippen molar-refractivity contribution in [1.82, 2.24) is 20.3 Å². The molecule has 2 aromatic carbocycles. The van der Waals surface area contributed by atoms with Crippen LogP contribution in [0, 0.1) is 5.92 Å². The first-order chi connectivity index (χ1) is 20.1. The molecule has 2 fully saturated rings. The lowest BCUT2D eigenvalue weighted by Crippen LogP contribution is -2.48. The van der Waals surface area contributed by atoms with E-state index in [-0.39, 0.29) is 42.3 Å². The summed E-state index contributed by atoms with van der Waals surface area (Å²) in [5.74, 6) is -0.836. The molecule has 5 atom stereocenters. The van der Waals surface area contributed by atoms with E-state index in [0.717, 1.165) is 11.3 Å². The van der Waals surface area contributed by atoms with Gasteiger partial charge >= 0.3 is 0 Å². The van der Waals surface area contributed by atoms with Gasteiger partial charge in [-0.2, -0.15) is 0 Å². The summed E-state index contributed by atoms with van der Waals surface area (Å²) < 4.78 is 8.52. The molecule has 3 aromatic rings. The standard InChI is InChI=1S/C30H38N6O5Si/c1-19-28(42(2,3)40)26(11-13-35-17-25(33-34-35)22(18-37)20-7-5-4-6-8-20)41-30(19)23-15-21(9-10-24(23)32-29(30)39)36-14-12-31-16-27(36)38/h4-10,15,17,19,22,26,28,31,37,40H,11-14,16,18H2,1-3H3,(H,32,39)/t19-,22?,26+,28-,30+/m0/s1. The molecule has 0 radical (unpaired) electrons. The van der Waals surface area contributed by atoms with Crippen molar-refractivity contribution < 1.29 is 24.2 Å². The second-order valence-electron chi connectivity index (χ2n) is 12.1. The third kappa shape index (κ3) is 4.86. The van der Waals surface area contributed by atoms with E-state index in [2.05, 4.69) is 20.9 Å². The molecule has 1 aromatic heterocycles. The second-order valence-corrected chi connectivity index (χ2v) is 16.1. The molecule has 6 rings (SSSR count). The molecular weight excluding hydrogens is 552 g/mol. The highest BCUT2D eigenvalue weighted by molar-refractivity contribution is 6.71. The summed E-state index contributed by atoms with van der Waals surface area (Å²) in [7, 11) is -2.81. The predicted molar refractivity (Wildman–Crippen MR) is 159 cm³/mol. The van der Waals surface area contributed by atoms with Crippen LogP contribution in [-0.4, -0.2) is 77.4 Å². The number of aryl methyl sites for hydroxylation is 1. The number of nitrogens with zero attached hydrogens (tertiary/aromatic N) is 4. The van der Waals surface area contributed by atoms with Crippen LogP contribution >= 0.6 is 0 Å². The van der Waals surface area contributed by atoms with Crippen molar-refractivity contribution >= 4 is 31.5 Å². The molecule has 1 spiro atoms. The topological polar surface area (TPSA) is 142 Å². The van der Waals surface area contributed by atoms with Crippen LogP contribution in [0.25, 0.3) is 0 Å². The summed E-state index contributed by atoms with van der Waals surface area (Å²) in [5, 5.41) is 24.8. The number of nitrogens with one attached hydrogen (secondary N) is 2. The lowest BCUT2D eigenvalue weighted by atomic mass is 9.82. The molecule has 4 heterocycles. The normalized spacial score (nSPS) is 26.5. The predicted octanol–water partition coefficient (Wildman–Crippen LogP) is 2.18. The van der Waals surface area contributed by atoms with E-state index in [9.17, 15) is 19.5 Å². The SMILES string of the molecule is C[C@H]1[C@H]([Si](C)(C)O)[C@@H](CCn2cc(C(CO)c3ccccc3)nn2)O[C@]12C(=O)Nc1ccc(N3CCNCC3=O)cc12. The fraction of sp³-hybridized carbons (Fsp3) is 0.467. The van der Waals surface area contributed by atoms with Gasteiger partial charge in [0.2, 0.25) is 5.91 Å². The van der Waals surface area contributed by atoms with E-state index in [1.54, 1.807) is 9.58 Å². The lowest BCUT2D eigenvalue weighted by molar-refractivity contribution is -0.143. The third-order valence-electron chi connectivity index (χ3n) is 9.06. The van der Waals surface area contributed by atoms with E-state index in [0.29, 0.717) is 43.0 Å². The molecule has 3 aliphatic rings. The highest BCUT2D eigenvalue weighted by atomic mass is 28.4. The third-order valence-corrected chi connectivity index (χ3v) is 11.6. The van der Waals surface area contributed by atoms with Gasteiger partial charge < -0.3 is 30.2 Å². The number of hydrogen-bond acceptors (Lipinski definition) is 8. The molecule has 42 heavy (non-hydrogen) atoms. The van der Waals surface area contributed by atoms with Gasteiger partial charge in [-0.1, -0.05) is 42.5 Å². The van der Waals surface area contributed by atoms with Gasteiger partial charge in [-0.05, 0) is 43.3 Å². The van der Waals surface area contributed by atoms with Crippen LogP contribution < -0.4 is 15.5 Å². The molecule has 2 amide bonds. The molecule has 12 heteroatoms. The van der Waals surface area contributed by atoms with Crippen LogP contribution in [0.15, 0.2) is 54.7 Å². The number of anilines is 2. The van der Waals surface area contributed by atoms with Crippen LogP contribution in [-0.2, 0) is 26.5 Å². The first-order valence-electron chi connectivity index (χ1n) is 14.6. The largest absolute Gasteiger partial charge is 0.432 e. The number of piperazine rings is 1. The van der Waals surface area contributed by atoms with E-state index in [1.807, 2.05) is 74.7 Å². The summed E-state index contributed by atoms with van der Waals surface area (Å²) >= 11 is 0. The van der Waals surface area contributed by atoms with E-state index >= 15 is 0 Å². The number of benzene rings is 2. The van der Waals surface area contributed by atoms with E-state index in [4.69, 9.17) is 4.74 Å². The molecular formula is C30H38N6O5Si. The van der Waals surface area contributed by atoms with Crippen LogP contribution in [0.2, 0.25) is 18.6 Å². The molecule has 2 saturated heterocycles. The summed E-state index contributed by atoms with van der Waals surface area (Å²) in [4.78, 5) is 39.5. The molecule has 0 aliphatic carbocycles. The molecule has 0 bridgehead atoms. The van der Waals surface area contributed by atoms with Gasteiger partial charge in [-0.25, -0.2) is 0 Å². The van der Waals surface area contributed by atoms with Gasteiger partial charge in [-0.3, -0.25) is 14.3 Å². The Morgan fingerprint density at radius 1 is 1.19 bits per heavy atom. The zero-order chi connectivity index (χ0) is 29.6. The van der Waals surface area contributed by atoms with Gasteiger partial charge in [0, 0.05) is 54.2 Å². The number of aliphatic hydroxyl groups is 1. The minimum atomic E-state index is -2.81. The summed E-state index contributed by atoms with van der Waals surface area (Å²) in [6.45, 7) is 7.68. The number of carbonyl (C=O) groups excluding carboxylic acids is 2. The Kier molecular flexibility index (Phi) is 7.52. The minimum absolute atomic E-state index is 0.0181. The average Bonchev–Trinajstić information content (AvgIpc) is 3.63. The van der Waals surface area contributed by atoms with E-state index < -0.39 is 20.0 Å². The number of rotatable bonds is 8. The Bertz CT molecular complexity index is 1480. The monoisotopic (exact) mass is 590 g/mol. The molecule has 3 aliphatic heterocycles. The summed E-state index contributed by atoms with van der Waals surface area (Å²) in [6.07, 6.45) is 1.96. The maximum atomic E-state index is 13.7. The Morgan fingerprint density at radius 3 is 2.69 bits per heavy atom. The Hall–Kier alpha value is -3.42. The van der Waals surface area contributed by atoms with Gasteiger partial charge in [-0.15, -0.1) is 5.10 Å². The summed E-state index contributed by atoms with van der Waals surface area (Å²) in [5.41, 5.74) is 2.26. The maximum absolute atomic E-state index is 13.7. The Morgan fingerprint density at radius 2 is 1.98 bits per heavy atom. The van der Waals surface area contributed by atoms with Crippen LogP contribution in [0.1, 0.15) is 36.1 Å². The highest BCUT2D eigenvalue weighted by Gasteiger charge is 2.64. The fourth-order valence-corrected chi connectivity index (χ4v) is 9.70. The lowest BCUT2D eigenvalue weighted by Gasteiger charge is -2.32. The zero-order valence-electron chi connectivity index (χ0n) is 24.2. The van der Waals surface area contributed by atoms with Crippen molar-refractivity contribution in [3.05, 3.63) is 71.5 Å². The Balaban J connectivity index is 1.27. The molecule has 11 nitrogen and oxygen atoms in total. The average molecular weight is 591 g/mol. The first kappa shape index (κ1) is 28.7. The van der Waals surface area contributed by atoms with Crippen molar-refractivity contribution in [3.63, 3.8) is 0 Å². The molecule has 222 valence electrons. The van der Waals surface area contributed by atoms with Gasteiger partial charge in [0.05, 0.1) is 30.9 Å². The molecule has 1 unspecified atom stereocenters.